The lowest BCUT2D eigenvalue weighted by atomic mass is 10.2. The van der Waals surface area contributed by atoms with Crippen LogP contribution in [-0.4, -0.2) is 67.2 Å². The molecular weight excluding hydrogens is 336 g/mol. The highest BCUT2D eigenvalue weighted by atomic mass is 16.5. The zero-order valence-corrected chi connectivity index (χ0v) is 16.0. The molecule has 2 amide bonds. The number of methoxy groups -OCH3 is 1. The minimum Gasteiger partial charge on any atom is -0.467 e. The van der Waals surface area contributed by atoms with Gasteiger partial charge < -0.3 is 23.7 Å². The number of ether oxygens (including phenoxy) is 2. The van der Waals surface area contributed by atoms with Gasteiger partial charge in [-0.1, -0.05) is 6.92 Å². The van der Waals surface area contributed by atoms with Gasteiger partial charge in [0.05, 0.1) is 18.9 Å². The molecule has 1 fully saturated rings. The summed E-state index contributed by atoms with van der Waals surface area (Å²) in [5.41, 5.74) is 0. The maximum atomic E-state index is 13.0. The van der Waals surface area contributed by atoms with Crippen LogP contribution in [0.25, 0.3) is 0 Å². The Hall–Kier alpha value is -1.86. The van der Waals surface area contributed by atoms with Gasteiger partial charge in [0.25, 0.3) is 0 Å². The Morgan fingerprint density at radius 2 is 2.19 bits per heavy atom. The number of carbonyl (C=O) groups is 2. The quantitative estimate of drug-likeness (QED) is 0.634. The highest BCUT2D eigenvalue weighted by Crippen LogP contribution is 2.16. The minimum atomic E-state index is -0.176. The van der Waals surface area contributed by atoms with Crippen LogP contribution in [0.3, 0.4) is 0 Å². The Kier molecular flexibility index (Phi) is 8.12. The molecular formula is C19H30N2O5. The largest absolute Gasteiger partial charge is 0.467 e. The number of amides is 2. The molecule has 2 rings (SSSR count). The molecule has 0 spiro atoms. The van der Waals surface area contributed by atoms with Crippen molar-refractivity contribution in [3.8, 4) is 0 Å². The average Bonchev–Trinajstić information content (AvgIpc) is 3.32. The van der Waals surface area contributed by atoms with Gasteiger partial charge in [0.2, 0.25) is 11.8 Å². The van der Waals surface area contributed by atoms with Crippen molar-refractivity contribution in [1.29, 1.82) is 0 Å². The monoisotopic (exact) mass is 366 g/mol. The van der Waals surface area contributed by atoms with Crippen LogP contribution in [0.2, 0.25) is 0 Å². The molecule has 0 saturated carbocycles. The van der Waals surface area contributed by atoms with Crippen molar-refractivity contribution in [2.45, 2.75) is 51.8 Å². The lowest BCUT2D eigenvalue weighted by molar-refractivity contribution is -0.145. The Balaban J connectivity index is 2.07. The third-order valence-corrected chi connectivity index (χ3v) is 4.74. The van der Waals surface area contributed by atoms with Gasteiger partial charge in [-0.2, -0.15) is 0 Å². The normalized spacial score (nSPS) is 17.9. The predicted molar refractivity (Wildman–Crippen MR) is 96.4 cm³/mol. The van der Waals surface area contributed by atoms with Crippen LogP contribution in [0.5, 0.6) is 0 Å². The fraction of sp³-hybridized carbons (Fsp3) is 0.684. The van der Waals surface area contributed by atoms with E-state index in [0.717, 1.165) is 31.6 Å². The molecule has 0 bridgehead atoms. The van der Waals surface area contributed by atoms with Gasteiger partial charge in [-0.15, -0.1) is 0 Å². The van der Waals surface area contributed by atoms with E-state index in [9.17, 15) is 9.59 Å². The maximum Gasteiger partial charge on any atom is 0.249 e. The van der Waals surface area contributed by atoms with E-state index in [1.807, 2.05) is 19.9 Å². The van der Waals surface area contributed by atoms with Crippen LogP contribution >= 0.6 is 0 Å². The van der Waals surface area contributed by atoms with Crippen LogP contribution in [-0.2, 0) is 25.6 Å². The SMILES string of the molecule is CCC(C)N(CC(=O)N(Cc1ccco1)CC1CCCO1)C(=O)COC. The van der Waals surface area contributed by atoms with Gasteiger partial charge >= 0.3 is 0 Å². The standard InChI is InChI=1S/C19H30N2O5/c1-4-15(2)21(19(23)14-24-3)13-18(22)20(11-16-7-5-9-25-16)12-17-8-6-10-26-17/h5,7,9,15,17H,4,6,8,10-14H2,1-3H3. The number of nitrogens with zero attached hydrogens (tertiary/aromatic N) is 2. The number of hydrogen-bond acceptors (Lipinski definition) is 5. The van der Waals surface area contributed by atoms with Gasteiger partial charge in [-0.05, 0) is 38.3 Å². The number of hydrogen-bond donors (Lipinski definition) is 0. The molecule has 2 unspecified atom stereocenters. The van der Waals surface area contributed by atoms with E-state index in [1.54, 1.807) is 22.1 Å². The molecule has 2 heterocycles. The fourth-order valence-electron chi connectivity index (χ4n) is 3.04. The summed E-state index contributed by atoms with van der Waals surface area (Å²) in [6, 6.07) is 3.62. The Morgan fingerprint density at radius 1 is 1.38 bits per heavy atom. The first-order chi connectivity index (χ1) is 12.5. The molecule has 1 aromatic heterocycles. The van der Waals surface area contributed by atoms with Crippen molar-refractivity contribution in [3.05, 3.63) is 24.2 Å². The summed E-state index contributed by atoms with van der Waals surface area (Å²) in [6.45, 7) is 5.56. The summed E-state index contributed by atoms with van der Waals surface area (Å²) in [4.78, 5) is 28.7. The molecule has 0 radical (unpaired) electrons. The van der Waals surface area contributed by atoms with Crippen molar-refractivity contribution in [3.63, 3.8) is 0 Å². The van der Waals surface area contributed by atoms with Gasteiger partial charge in [0.1, 0.15) is 18.9 Å². The lowest BCUT2D eigenvalue weighted by Crippen LogP contribution is -2.48. The number of rotatable bonds is 10. The Labute approximate surface area is 155 Å². The number of furan rings is 1. The van der Waals surface area contributed by atoms with Crippen molar-refractivity contribution >= 4 is 11.8 Å². The van der Waals surface area contributed by atoms with E-state index in [4.69, 9.17) is 13.9 Å². The van der Waals surface area contributed by atoms with Crippen molar-refractivity contribution in [2.75, 3.05) is 33.4 Å². The minimum absolute atomic E-state index is 0.0263. The topological polar surface area (TPSA) is 72.2 Å². The van der Waals surface area contributed by atoms with Crippen LogP contribution in [0.4, 0.5) is 0 Å². The maximum absolute atomic E-state index is 13.0. The molecule has 26 heavy (non-hydrogen) atoms. The van der Waals surface area contributed by atoms with Crippen molar-refractivity contribution in [2.24, 2.45) is 0 Å². The van der Waals surface area contributed by atoms with Gasteiger partial charge in [0.15, 0.2) is 0 Å². The summed E-state index contributed by atoms with van der Waals surface area (Å²) in [5.74, 6) is 0.432. The molecule has 0 aliphatic carbocycles. The lowest BCUT2D eigenvalue weighted by Gasteiger charge is -2.31. The summed E-state index contributed by atoms with van der Waals surface area (Å²) in [7, 11) is 1.48. The van der Waals surface area contributed by atoms with E-state index in [0.29, 0.717) is 13.1 Å². The van der Waals surface area contributed by atoms with Crippen molar-refractivity contribution in [1.82, 2.24) is 9.80 Å². The third-order valence-electron chi connectivity index (χ3n) is 4.74. The van der Waals surface area contributed by atoms with Gasteiger partial charge in [-0.25, -0.2) is 0 Å². The molecule has 1 aliphatic heterocycles. The van der Waals surface area contributed by atoms with E-state index >= 15 is 0 Å². The predicted octanol–water partition coefficient (Wildman–Crippen LogP) is 2.06. The second kappa shape index (κ2) is 10.3. The highest BCUT2D eigenvalue weighted by molar-refractivity contribution is 5.85. The number of carbonyl (C=O) groups excluding carboxylic acids is 2. The first-order valence-corrected chi connectivity index (χ1v) is 9.25. The van der Waals surface area contributed by atoms with Gasteiger partial charge in [0, 0.05) is 26.3 Å². The summed E-state index contributed by atoms with van der Waals surface area (Å²) in [6.07, 6.45) is 4.36. The molecule has 2 atom stereocenters. The van der Waals surface area contributed by atoms with E-state index in [1.165, 1.54) is 7.11 Å². The summed E-state index contributed by atoms with van der Waals surface area (Å²) >= 11 is 0. The first kappa shape index (κ1) is 20.5. The molecule has 1 saturated heterocycles. The second-order valence-electron chi connectivity index (χ2n) is 6.70. The van der Waals surface area contributed by atoms with E-state index < -0.39 is 0 Å². The van der Waals surface area contributed by atoms with E-state index in [2.05, 4.69) is 0 Å². The molecule has 1 aromatic rings. The van der Waals surface area contributed by atoms with Crippen LogP contribution in [0.1, 0.15) is 38.9 Å². The zero-order chi connectivity index (χ0) is 18.9. The molecule has 0 N–H and O–H groups in total. The Morgan fingerprint density at radius 3 is 2.77 bits per heavy atom. The third kappa shape index (κ3) is 5.85. The first-order valence-electron chi connectivity index (χ1n) is 9.25. The Bertz CT molecular complexity index is 554. The average molecular weight is 366 g/mol. The summed E-state index contributed by atoms with van der Waals surface area (Å²) < 4.78 is 16.1. The molecule has 1 aliphatic rings. The van der Waals surface area contributed by atoms with E-state index in [-0.39, 0.29) is 37.1 Å². The van der Waals surface area contributed by atoms with Crippen LogP contribution in [0.15, 0.2) is 22.8 Å². The highest BCUT2D eigenvalue weighted by Gasteiger charge is 2.27. The molecule has 146 valence electrons. The molecule has 7 nitrogen and oxygen atoms in total. The zero-order valence-electron chi connectivity index (χ0n) is 16.0. The summed E-state index contributed by atoms with van der Waals surface area (Å²) in [5, 5.41) is 0. The van der Waals surface area contributed by atoms with Crippen molar-refractivity contribution < 1.29 is 23.5 Å². The second-order valence-corrected chi connectivity index (χ2v) is 6.70. The fourth-order valence-corrected chi connectivity index (χ4v) is 3.04. The smallest absolute Gasteiger partial charge is 0.249 e. The van der Waals surface area contributed by atoms with Crippen LogP contribution in [0, 0.1) is 0 Å². The van der Waals surface area contributed by atoms with Crippen LogP contribution < -0.4 is 0 Å². The van der Waals surface area contributed by atoms with Gasteiger partial charge in [-0.3, -0.25) is 9.59 Å². The molecule has 7 heteroatoms. The molecule has 0 aromatic carbocycles.